The maximum absolute atomic E-state index is 10.8. The standard InChI is InChI=1S/C31H33N3O2/c35-25(22-36-30-13-5-12-29-28(30)11-6-16-32-29)21-33-17-19-34(20-18-33)31-26-9-3-1-7-23(26)14-15-24-8-2-4-10-27(24)31/h1-13,16,25,31,35H,14-15,17-22H2. The molecule has 0 amide bonds. The molecule has 3 aromatic carbocycles. The Balaban J connectivity index is 1.10. The highest BCUT2D eigenvalue weighted by Gasteiger charge is 2.31. The Bertz CT molecular complexity index is 1280. The monoisotopic (exact) mass is 479 g/mol. The minimum Gasteiger partial charge on any atom is -0.490 e. The lowest BCUT2D eigenvalue weighted by atomic mass is 9.92. The molecule has 4 aromatic rings. The van der Waals surface area contributed by atoms with Crippen molar-refractivity contribution in [2.45, 2.75) is 25.0 Å². The second-order valence-electron chi connectivity index (χ2n) is 9.93. The summed E-state index contributed by atoms with van der Waals surface area (Å²) in [5, 5.41) is 11.7. The van der Waals surface area contributed by atoms with E-state index in [2.05, 4.69) is 63.3 Å². The van der Waals surface area contributed by atoms with Crippen molar-refractivity contribution >= 4 is 10.9 Å². The maximum atomic E-state index is 10.8. The van der Waals surface area contributed by atoms with Gasteiger partial charge >= 0.3 is 0 Å². The van der Waals surface area contributed by atoms with Gasteiger partial charge in [0.05, 0.1) is 11.6 Å². The largest absolute Gasteiger partial charge is 0.490 e. The van der Waals surface area contributed by atoms with Crippen LogP contribution < -0.4 is 4.74 Å². The lowest BCUT2D eigenvalue weighted by molar-refractivity contribution is 0.0403. The number of aromatic nitrogens is 1. The van der Waals surface area contributed by atoms with Crippen LogP contribution in [0.15, 0.2) is 85.1 Å². The SMILES string of the molecule is OC(COc1cccc2ncccc12)CN1CCN(C2c3ccccc3CCc3ccccc32)CC1. The maximum Gasteiger partial charge on any atom is 0.128 e. The lowest BCUT2D eigenvalue weighted by Gasteiger charge is -2.40. The van der Waals surface area contributed by atoms with Crippen molar-refractivity contribution in [1.82, 2.24) is 14.8 Å². The van der Waals surface area contributed by atoms with Crippen LogP contribution in [-0.2, 0) is 12.8 Å². The first kappa shape index (κ1) is 23.2. The van der Waals surface area contributed by atoms with E-state index in [0.29, 0.717) is 12.6 Å². The molecule has 1 N–H and O–H groups in total. The zero-order chi connectivity index (χ0) is 24.3. The molecule has 1 unspecified atom stereocenters. The predicted octanol–water partition coefficient (Wildman–Crippen LogP) is 4.48. The molecule has 5 nitrogen and oxygen atoms in total. The fourth-order valence-electron chi connectivity index (χ4n) is 5.83. The number of hydrogen-bond donors (Lipinski definition) is 1. The van der Waals surface area contributed by atoms with Gasteiger partial charge in [-0.2, -0.15) is 0 Å². The molecular weight excluding hydrogens is 446 g/mol. The van der Waals surface area contributed by atoms with Crippen molar-refractivity contribution in [2.75, 3.05) is 39.3 Å². The lowest BCUT2D eigenvalue weighted by Crippen LogP contribution is -2.50. The van der Waals surface area contributed by atoms with Crippen LogP contribution >= 0.6 is 0 Å². The number of β-amino-alcohol motifs (C(OH)–C–C–N with tert-alkyl or cyclic N) is 1. The average molecular weight is 480 g/mol. The number of benzene rings is 3. The third-order valence-corrected chi connectivity index (χ3v) is 7.64. The number of rotatable bonds is 6. The fourth-order valence-corrected chi connectivity index (χ4v) is 5.83. The fraction of sp³-hybridized carbons (Fsp3) is 0.323. The summed E-state index contributed by atoms with van der Waals surface area (Å²) in [7, 11) is 0. The zero-order valence-corrected chi connectivity index (χ0v) is 20.6. The molecule has 0 saturated carbocycles. The normalized spacial score (nSPS) is 17.8. The van der Waals surface area contributed by atoms with Gasteiger partial charge in [-0.05, 0) is 59.4 Å². The van der Waals surface area contributed by atoms with Gasteiger partial charge in [-0.15, -0.1) is 0 Å². The molecule has 36 heavy (non-hydrogen) atoms. The van der Waals surface area contributed by atoms with Crippen LogP contribution in [0, 0.1) is 0 Å². The van der Waals surface area contributed by atoms with Gasteiger partial charge in [0, 0.05) is 44.3 Å². The van der Waals surface area contributed by atoms with Crippen molar-refractivity contribution < 1.29 is 9.84 Å². The van der Waals surface area contributed by atoms with Crippen LogP contribution in [0.3, 0.4) is 0 Å². The second kappa shape index (κ2) is 10.4. The van der Waals surface area contributed by atoms with E-state index in [-0.39, 0.29) is 6.61 Å². The predicted molar refractivity (Wildman–Crippen MR) is 143 cm³/mol. The van der Waals surface area contributed by atoms with Gasteiger partial charge in [0.2, 0.25) is 0 Å². The van der Waals surface area contributed by atoms with Gasteiger partial charge in [-0.3, -0.25) is 14.8 Å². The molecule has 1 fully saturated rings. The number of aliphatic hydroxyl groups is 1. The van der Waals surface area contributed by atoms with Crippen molar-refractivity contribution in [2.24, 2.45) is 0 Å². The number of aliphatic hydroxyl groups excluding tert-OH is 1. The molecule has 1 aromatic heterocycles. The molecular formula is C31H33N3O2. The van der Waals surface area contributed by atoms with Crippen LogP contribution in [0.1, 0.15) is 28.3 Å². The minimum absolute atomic E-state index is 0.275. The number of ether oxygens (including phenoxy) is 1. The molecule has 0 bridgehead atoms. The van der Waals surface area contributed by atoms with Crippen molar-refractivity contribution in [3.05, 3.63) is 107 Å². The first-order chi connectivity index (χ1) is 17.8. The summed E-state index contributed by atoms with van der Waals surface area (Å²) in [6.07, 6.45) is 3.45. The molecule has 6 rings (SSSR count). The van der Waals surface area contributed by atoms with Crippen LogP contribution in [0.25, 0.3) is 10.9 Å². The van der Waals surface area contributed by atoms with Crippen LogP contribution in [-0.4, -0.2) is 65.3 Å². The Kier molecular flexibility index (Phi) is 6.69. The zero-order valence-electron chi connectivity index (χ0n) is 20.6. The van der Waals surface area contributed by atoms with E-state index < -0.39 is 6.10 Å². The van der Waals surface area contributed by atoms with Gasteiger partial charge < -0.3 is 9.84 Å². The van der Waals surface area contributed by atoms with Crippen molar-refractivity contribution in [3.63, 3.8) is 0 Å². The number of fused-ring (bicyclic) bond motifs is 3. The summed E-state index contributed by atoms with van der Waals surface area (Å²) in [5.41, 5.74) is 6.75. The van der Waals surface area contributed by atoms with Gasteiger partial charge in [0.15, 0.2) is 0 Å². The number of nitrogens with zero attached hydrogens (tertiary/aromatic N) is 3. The Labute approximate surface area is 213 Å². The molecule has 0 radical (unpaired) electrons. The van der Waals surface area contributed by atoms with Crippen LogP contribution in [0.2, 0.25) is 0 Å². The Morgan fingerprint density at radius 2 is 1.50 bits per heavy atom. The second-order valence-corrected chi connectivity index (χ2v) is 9.93. The third-order valence-electron chi connectivity index (χ3n) is 7.64. The molecule has 0 spiro atoms. The molecule has 1 saturated heterocycles. The van der Waals surface area contributed by atoms with E-state index in [1.54, 1.807) is 6.20 Å². The Morgan fingerprint density at radius 3 is 2.22 bits per heavy atom. The highest BCUT2D eigenvalue weighted by molar-refractivity contribution is 5.84. The smallest absolute Gasteiger partial charge is 0.128 e. The summed E-state index contributed by atoms with van der Waals surface area (Å²) >= 11 is 0. The van der Waals surface area contributed by atoms with Gasteiger partial charge in [-0.25, -0.2) is 0 Å². The Hall–Kier alpha value is -3.25. The van der Waals surface area contributed by atoms with Crippen LogP contribution in [0.4, 0.5) is 0 Å². The first-order valence-electron chi connectivity index (χ1n) is 13.0. The third kappa shape index (κ3) is 4.74. The highest BCUT2D eigenvalue weighted by Crippen LogP contribution is 2.37. The topological polar surface area (TPSA) is 48.8 Å². The van der Waals surface area contributed by atoms with Crippen molar-refractivity contribution in [1.29, 1.82) is 0 Å². The summed E-state index contributed by atoms with van der Waals surface area (Å²) < 4.78 is 6.00. The van der Waals surface area contributed by atoms with E-state index in [0.717, 1.165) is 55.7 Å². The summed E-state index contributed by atoms with van der Waals surface area (Å²) in [6, 6.07) is 28.0. The number of hydrogen-bond acceptors (Lipinski definition) is 5. The van der Waals surface area contributed by atoms with Gasteiger partial charge in [0.1, 0.15) is 18.5 Å². The molecule has 2 aliphatic rings. The quantitative estimate of drug-likeness (QED) is 0.442. The highest BCUT2D eigenvalue weighted by atomic mass is 16.5. The van der Waals surface area contributed by atoms with Crippen LogP contribution in [0.5, 0.6) is 5.75 Å². The number of piperazine rings is 1. The number of aryl methyl sites for hydroxylation is 2. The first-order valence-corrected chi connectivity index (χ1v) is 13.0. The number of pyridine rings is 1. The summed E-state index contributed by atoms with van der Waals surface area (Å²) in [6.45, 7) is 4.74. The Morgan fingerprint density at radius 1 is 0.806 bits per heavy atom. The summed E-state index contributed by atoms with van der Waals surface area (Å²) in [5.74, 6) is 0.773. The van der Waals surface area contributed by atoms with Gasteiger partial charge in [-0.1, -0.05) is 54.6 Å². The van der Waals surface area contributed by atoms with E-state index in [1.807, 2.05) is 30.3 Å². The molecule has 2 heterocycles. The van der Waals surface area contributed by atoms with E-state index >= 15 is 0 Å². The molecule has 184 valence electrons. The molecule has 1 aliphatic carbocycles. The van der Waals surface area contributed by atoms with Gasteiger partial charge in [0.25, 0.3) is 0 Å². The molecule has 5 heteroatoms. The minimum atomic E-state index is -0.539. The molecule has 1 atom stereocenters. The van der Waals surface area contributed by atoms with E-state index in [9.17, 15) is 5.11 Å². The molecule has 1 aliphatic heterocycles. The van der Waals surface area contributed by atoms with E-state index in [1.165, 1.54) is 22.3 Å². The van der Waals surface area contributed by atoms with E-state index in [4.69, 9.17) is 4.74 Å². The average Bonchev–Trinajstić information content (AvgIpc) is 3.09. The summed E-state index contributed by atoms with van der Waals surface area (Å²) in [4.78, 5) is 9.38. The van der Waals surface area contributed by atoms with Crippen molar-refractivity contribution in [3.8, 4) is 5.75 Å².